The van der Waals surface area contributed by atoms with E-state index in [2.05, 4.69) is 6.07 Å². The molecule has 0 aromatic heterocycles. The van der Waals surface area contributed by atoms with Crippen molar-refractivity contribution in [3.8, 4) is 0 Å². The molecule has 0 saturated carbocycles. The predicted octanol–water partition coefficient (Wildman–Crippen LogP) is 5.12. The summed E-state index contributed by atoms with van der Waals surface area (Å²) in [6.07, 6.45) is 10.2. The maximum Gasteiger partial charge on any atom is 0.309 e. The minimum atomic E-state index is -0.298. The number of ketones is 1. The van der Waals surface area contributed by atoms with E-state index in [1.54, 1.807) is 0 Å². The van der Waals surface area contributed by atoms with Crippen LogP contribution in [0, 0.1) is 5.92 Å². The molecule has 0 fully saturated rings. The Hall–Kier alpha value is -1.64. The first-order chi connectivity index (χ1) is 11.7. The molecule has 0 saturated heterocycles. The second-order valence-electron chi connectivity index (χ2n) is 6.75. The van der Waals surface area contributed by atoms with Gasteiger partial charge in [0.05, 0.1) is 12.5 Å². The zero-order chi connectivity index (χ0) is 17.2. The Morgan fingerprint density at radius 3 is 2.46 bits per heavy atom. The Balaban J connectivity index is 2.15. The highest BCUT2D eigenvalue weighted by Crippen LogP contribution is 2.23. The Kier molecular flexibility index (Phi) is 8.00. The molecular formula is C21H30O3. The average molecular weight is 330 g/mol. The van der Waals surface area contributed by atoms with E-state index >= 15 is 0 Å². The molecule has 1 aromatic rings. The van der Waals surface area contributed by atoms with Crippen LogP contribution in [0.4, 0.5) is 0 Å². The summed E-state index contributed by atoms with van der Waals surface area (Å²) < 4.78 is 5.20. The number of rotatable bonds is 2. The summed E-state index contributed by atoms with van der Waals surface area (Å²) in [5.74, 6) is -0.426. The number of aryl methyl sites for hydroxylation is 1. The van der Waals surface area contributed by atoms with Crippen molar-refractivity contribution in [3.05, 3.63) is 35.4 Å². The highest BCUT2D eigenvalue weighted by molar-refractivity contribution is 5.99. The number of carbonyl (C=O) groups is 2. The lowest BCUT2D eigenvalue weighted by Crippen LogP contribution is -2.22. The number of benzene rings is 1. The lowest BCUT2D eigenvalue weighted by molar-refractivity contribution is -0.148. The summed E-state index contributed by atoms with van der Waals surface area (Å²) in [4.78, 5) is 25.0. The average Bonchev–Trinajstić information content (AvgIpc) is 2.59. The van der Waals surface area contributed by atoms with Crippen LogP contribution in [0.2, 0.25) is 0 Å². The van der Waals surface area contributed by atoms with Gasteiger partial charge in [0, 0.05) is 12.0 Å². The Morgan fingerprint density at radius 1 is 1.04 bits per heavy atom. The summed E-state index contributed by atoms with van der Waals surface area (Å²) in [5, 5.41) is 0. The highest BCUT2D eigenvalue weighted by Gasteiger charge is 2.24. The Morgan fingerprint density at radius 2 is 1.71 bits per heavy atom. The molecule has 0 unspecified atom stereocenters. The maximum absolute atomic E-state index is 12.8. The van der Waals surface area contributed by atoms with Gasteiger partial charge in [-0.3, -0.25) is 9.59 Å². The van der Waals surface area contributed by atoms with Gasteiger partial charge in [-0.1, -0.05) is 62.8 Å². The maximum atomic E-state index is 12.8. The van der Waals surface area contributed by atoms with Gasteiger partial charge in [0.2, 0.25) is 0 Å². The van der Waals surface area contributed by atoms with E-state index in [-0.39, 0.29) is 24.1 Å². The van der Waals surface area contributed by atoms with Crippen molar-refractivity contribution >= 4 is 11.8 Å². The third-order valence-electron chi connectivity index (χ3n) is 4.87. The van der Waals surface area contributed by atoms with Crippen molar-refractivity contribution in [2.24, 2.45) is 5.92 Å². The molecule has 3 nitrogen and oxygen atoms in total. The molecule has 0 heterocycles. The van der Waals surface area contributed by atoms with Gasteiger partial charge in [-0.2, -0.15) is 0 Å². The quantitative estimate of drug-likeness (QED) is 0.707. The molecular weight excluding hydrogens is 300 g/mol. The fraction of sp³-hybridized carbons (Fsp3) is 0.619. The zero-order valence-electron chi connectivity index (χ0n) is 14.9. The summed E-state index contributed by atoms with van der Waals surface area (Å²) in [7, 11) is 0. The summed E-state index contributed by atoms with van der Waals surface area (Å²) >= 11 is 0. The number of Topliss-reactive ketones (excluding diaryl/α,β-unsaturated/α-hetero) is 1. The van der Waals surface area contributed by atoms with Gasteiger partial charge in [-0.05, 0) is 31.7 Å². The van der Waals surface area contributed by atoms with E-state index in [4.69, 9.17) is 4.74 Å². The molecule has 132 valence electrons. The first-order valence-electron chi connectivity index (χ1n) is 9.50. The van der Waals surface area contributed by atoms with E-state index in [0.29, 0.717) is 6.61 Å². The predicted molar refractivity (Wildman–Crippen MR) is 96.2 cm³/mol. The first kappa shape index (κ1) is 18.7. The summed E-state index contributed by atoms with van der Waals surface area (Å²) in [6, 6.07) is 7.88. The topological polar surface area (TPSA) is 43.4 Å². The van der Waals surface area contributed by atoms with Gasteiger partial charge < -0.3 is 4.74 Å². The van der Waals surface area contributed by atoms with E-state index < -0.39 is 0 Å². The van der Waals surface area contributed by atoms with Gasteiger partial charge in [-0.25, -0.2) is 0 Å². The van der Waals surface area contributed by atoms with E-state index in [0.717, 1.165) is 43.2 Å². The smallest absolute Gasteiger partial charge is 0.309 e. The molecule has 0 spiro atoms. The van der Waals surface area contributed by atoms with Crippen molar-refractivity contribution in [2.45, 2.75) is 71.1 Å². The van der Waals surface area contributed by atoms with Crippen molar-refractivity contribution < 1.29 is 14.3 Å². The van der Waals surface area contributed by atoms with Gasteiger partial charge in [0.25, 0.3) is 0 Å². The van der Waals surface area contributed by atoms with E-state index in [9.17, 15) is 9.59 Å². The standard InChI is InChI=1S/C21H30O3/c1-2-24-21(23)18-14-9-7-5-3-4-6-8-12-17-13-10-11-15-19(17)20(22)16-18/h10-11,13,15,18H,2-9,12,14,16H2,1H3/t18-/m1/s1. The van der Waals surface area contributed by atoms with Crippen LogP contribution in [0.5, 0.6) is 0 Å². The van der Waals surface area contributed by atoms with Gasteiger partial charge in [0.15, 0.2) is 5.78 Å². The molecule has 0 amide bonds. The van der Waals surface area contributed by atoms with E-state index in [1.165, 1.54) is 25.7 Å². The number of carbonyl (C=O) groups excluding carboxylic acids is 2. The molecule has 0 aliphatic heterocycles. The van der Waals surface area contributed by atoms with Crippen LogP contribution in [0.25, 0.3) is 0 Å². The second-order valence-corrected chi connectivity index (χ2v) is 6.75. The highest BCUT2D eigenvalue weighted by atomic mass is 16.5. The summed E-state index contributed by atoms with van der Waals surface area (Å²) in [6.45, 7) is 2.19. The molecule has 0 N–H and O–H groups in total. The van der Waals surface area contributed by atoms with Crippen molar-refractivity contribution in [2.75, 3.05) is 6.61 Å². The lowest BCUT2D eigenvalue weighted by Gasteiger charge is -2.17. The third kappa shape index (κ3) is 5.77. The zero-order valence-corrected chi connectivity index (χ0v) is 14.9. The van der Waals surface area contributed by atoms with Crippen LogP contribution in [-0.2, 0) is 16.0 Å². The van der Waals surface area contributed by atoms with Crippen LogP contribution < -0.4 is 0 Å². The van der Waals surface area contributed by atoms with E-state index in [1.807, 2.05) is 25.1 Å². The Labute approximate surface area is 145 Å². The first-order valence-corrected chi connectivity index (χ1v) is 9.50. The van der Waals surface area contributed by atoms with Crippen molar-refractivity contribution in [1.29, 1.82) is 0 Å². The number of ether oxygens (including phenoxy) is 1. The molecule has 1 atom stereocenters. The van der Waals surface area contributed by atoms with Gasteiger partial charge in [-0.15, -0.1) is 0 Å². The second kappa shape index (κ2) is 10.3. The normalized spacial score (nSPS) is 20.7. The van der Waals surface area contributed by atoms with Crippen LogP contribution in [0.3, 0.4) is 0 Å². The molecule has 1 aliphatic rings. The third-order valence-corrected chi connectivity index (χ3v) is 4.87. The monoisotopic (exact) mass is 330 g/mol. The van der Waals surface area contributed by atoms with Gasteiger partial charge in [0.1, 0.15) is 0 Å². The SMILES string of the molecule is CCOC(=O)[C@@H]1CCCCCCCCCc2ccccc2C(=O)C1. The van der Waals surface area contributed by atoms with Crippen molar-refractivity contribution in [3.63, 3.8) is 0 Å². The fourth-order valence-corrected chi connectivity index (χ4v) is 3.50. The molecule has 3 heteroatoms. The van der Waals surface area contributed by atoms with Crippen LogP contribution >= 0.6 is 0 Å². The number of esters is 1. The molecule has 24 heavy (non-hydrogen) atoms. The number of fused-ring (bicyclic) bond motifs is 1. The molecule has 1 aromatic carbocycles. The summed E-state index contributed by atoms with van der Waals surface area (Å²) in [5.41, 5.74) is 1.92. The lowest BCUT2D eigenvalue weighted by atomic mass is 9.89. The minimum absolute atomic E-state index is 0.0840. The molecule has 1 aliphatic carbocycles. The number of hydrogen-bond acceptors (Lipinski definition) is 3. The van der Waals surface area contributed by atoms with Crippen LogP contribution in [0.1, 0.15) is 80.6 Å². The molecule has 0 radical (unpaired) electrons. The Bertz CT molecular complexity index is 536. The molecule has 2 rings (SSSR count). The van der Waals surface area contributed by atoms with Gasteiger partial charge >= 0.3 is 5.97 Å². The van der Waals surface area contributed by atoms with Crippen LogP contribution in [-0.4, -0.2) is 18.4 Å². The molecule has 0 bridgehead atoms. The fourth-order valence-electron chi connectivity index (χ4n) is 3.50. The van der Waals surface area contributed by atoms with Crippen LogP contribution in [0.15, 0.2) is 24.3 Å². The van der Waals surface area contributed by atoms with Crippen molar-refractivity contribution in [1.82, 2.24) is 0 Å². The number of hydrogen-bond donors (Lipinski definition) is 0. The largest absolute Gasteiger partial charge is 0.466 e. The minimum Gasteiger partial charge on any atom is -0.466 e.